The molecular weight excluding hydrogens is 210 g/mol. The summed E-state index contributed by atoms with van der Waals surface area (Å²) >= 11 is 0. The van der Waals surface area contributed by atoms with E-state index in [0.29, 0.717) is 5.57 Å². The Kier molecular flexibility index (Phi) is 1.90. The number of allylic oxidation sites excluding steroid dienone is 1. The molecule has 1 fully saturated rings. The minimum atomic E-state index is -0.949. The van der Waals surface area contributed by atoms with Gasteiger partial charge in [-0.1, -0.05) is 12.2 Å². The predicted molar refractivity (Wildman–Crippen MR) is 54.0 cm³/mol. The van der Waals surface area contributed by atoms with E-state index in [1.807, 2.05) is 6.08 Å². The van der Waals surface area contributed by atoms with E-state index in [0.717, 1.165) is 0 Å². The number of rotatable bonds is 1. The van der Waals surface area contributed by atoms with Crippen LogP contribution in [-0.2, 0) is 14.3 Å². The summed E-state index contributed by atoms with van der Waals surface area (Å²) in [6.07, 6.45) is 4.99. The smallest absolute Gasteiger partial charge is 0.335 e. The highest BCUT2D eigenvalue weighted by Gasteiger charge is 2.56. The molecule has 3 aliphatic rings. The minimum absolute atomic E-state index is 0.119. The monoisotopic (exact) mass is 223 g/mol. The molecule has 0 saturated carbocycles. The van der Waals surface area contributed by atoms with Crippen LogP contribution in [0.5, 0.6) is 0 Å². The average Bonchev–Trinajstić information content (AvgIpc) is 2.81. The lowest BCUT2D eigenvalue weighted by Crippen LogP contribution is -2.46. The molecular formula is C11H13NO4. The summed E-state index contributed by atoms with van der Waals surface area (Å²) in [5.41, 5.74) is -0.406. The molecule has 5 nitrogen and oxygen atoms in total. The first-order chi connectivity index (χ1) is 7.65. The molecule has 16 heavy (non-hydrogen) atoms. The highest BCUT2D eigenvalue weighted by molar-refractivity contribution is 5.89. The van der Waals surface area contributed by atoms with Crippen LogP contribution in [0.2, 0.25) is 0 Å². The van der Waals surface area contributed by atoms with Crippen LogP contribution in [0.3, 0.4) is 0 Å². The molecule has 5 heteroatoms. The Labute approximate surface area is 92.7 Å². The maximum absolute atomic E-state index is 11.6. The minimum Gasteiger partial charge on any atom is -0.466 e. The first kappa shape index (κ1) is 9.86. The molecule has 1 saturated heterocycles. The van der Waals surface area contributed by atoms with Gasteiger partial charge in [0, 0.05) is 18.0 Å². The van der Waals surface area contributed by atoms with Gasteiger partial charge in [-0.2, -0.15) is 0 Å². The number of nitrogens with one attached hydrogen (secondary N) is 1. The summed E-state index contributed by atoms with van der Waals surface area (Å²) in [4.78, 5) is 11.6. The summed E-state index contributed by atoms with van der Waals surface area (Å²) < 4.78 is 10.2. The van der Waals surface area contributed by atoms with E-state index in [1.54, 1.807) is 12.3 Å². The standard InChI is InChI=1S/C11H13NO4/c1-15-10(13)7-4-12-9-8-6(7)2-3-11(8,14)5-16-9/h2-4,6,8-9,12,14H,5H2,1H3. The van der Waals surface area contributed by atoms with Crippen molar-refractivity contribution < 1.29 is 19.4 Å². The molecule has 2 N–H and O–H groups in total. The Morgan fingerprint density at radius 2 is 2.56 bits per heavy atom. The number of carbonyl (C=O) groups excluding carboxylic acids is 1. The Hall–Kier alpha value is -1.33. The highest BCUT2D eigenvalue weighted by atomic mass is 16.5. The van der Waals surface area contributed by atoms with Gasteiger partial charge >= 0.3 is 5.97 Å². The van der Waals surface area contributed by atoms with Gasteiger partial charge < -0.3 is 19.9 Å². The van der Waals surface area contributed by atoms with E-state index >= 15 is 0 Å². The average molecular weight is 223 g/mol. The summed E-state index contributed by atoms with van der Waals surface area (Å²) in [6, 6.07) is 0. The molecule has 0 aromatic carbocycles. The summed E-state index contributed by atoms with van der Waals surface area (Å²) in [5.74, 6) is -0.616. The number of carbonyl (C=O) groups is 1. The van der Waals surface area contributed by atoms with E-state index in [-0.39, 0.29) is 30.6 Å². The predicted octanol–water partition coefficient (Wildman–Crippen LogP) is -0.464. The number of esters is 1. The highest BCUT2D eigenvalue weighted by Crippen LogP contribution is 2.47. The van der Waals surface area contributed by atoms with Gasteiger partial charge in [0.25, 0.3) is 0 Å². The Balaban J connectivity index is 1.98. The normalized spacial score (nSPS) is 43.6. The van der Waals surface area contributed by atoms with E-state index in [1.165, 1.54) is 7.11 Å². The molecule has 0 bridgehead atoms. The Bertz CT molecular complexity index is 403. The van der Waals surface area contributed by atoms with Crippen LogP contribution >= 0.6 is 0 Å². The van der Waals surface area contributed by atoms with Crippen molar-refractivity contribution >= 4 is 5.97 Å². The lowest BCUT2D eigenvalue weighted by molar-refractivity contribution is -0.137. The third-order valence-corrected chi connectivity index (χ3v) is 3.56. The van der Waals surface area contributed by atoms with E-state index in [4.69, 9.17) is 9.47 Å². The zero-order chi connectivity index (χ0) is 11.3. The number of methoxy groups -OCH3 is 1. The van der Waals surface area contributed by atoms with Crippen LogP contribution in [0, 0.1) is 11.8 Å². The van der Waals surface area contributed by atoms with Crippen molar-refractivity contribution in [2.24, 2.45) is 11.8 Å². The molecule has 2 heterocycles. The third kappa shape index (κ3) is 1.10. The van der Waals surface area contributed by atoms with Gasteiger partial charge in [0.2, 0.25) is 0 Å². The van der Waals surface area contributed by atoms with Crippen molar-refractivity contribution in [1.82, 2.24) is 5.32 Å². The molecule has 4 atom stereocenters. The molecule has 0 aromatic heterocycles. The van der Waals surface area contributed by atoms with Gasteiger partial charge in [0.05, 0.1) is 19.3 Å². The molecule has 2 aliphatic heterocycles. The van der Waals surface area contributed by atoms with Crippen LogP contribution in [0.1, 0.15) is 0 Å². The largest absolute Gasteiger partial charge is 0.466 e. The fourth-order valence-corrected chi connectivity index (χ4v) is 2.76. The van der Waals surface area contributed by atoms with Gasteiger partial charge in [0.15, 0.2) is 0 Å². The number of aliphatic hydroxyl groups is 1. The maximum Gasteiger partial charge on any atom is 0.335 e. The van der Waals surface area contributed by atoms with Gasteiger partial charge in [-0.25, -0.2) is 4.79 Å². The van der Waals surface area contributed by atoms with Crippen molar-refractivity contribution in [2.45, 2.75) is 11.8 Å². The van der Waals surface area contributed by atoms with Crippen molar-refractivity contribution in [2.75, 3.05) is 13.7 Å². The van der Waals surface area contributed by atoms with Crippen LogP contribution in [0.15, 0.2) is 23.9 Å². The molecule has 0 radical (unpaired) electrons. The second-order valence-corrected chi connectivity index (χ2v) is 4.39. The van der Waals surface area contributed by atoms with Crippen LogP contribution < -0.4 is 5.32 Å². The number of ether oxygens (including phenoxy) is 2. The van der Waals surface area contributed by atoms with Crippen molar-refractivity contribution in [3.63, 3.8) is 0 Å². The second kappa shape index (κ2) is 3.09. The van der Waals surface area contributed by atoms with Crippen molar-refractivity contribution in [3.8, 4) is 0 Å². The molecule has 4 unspecified atom stereocenters. The zero-order valence-electron chi connectivity index (χ0n) is 8.84. The lowest BCUT2D eigenvalue weighted by Gasteiger charge is -2.32. The van der Waals surface area contributed by atoms with E-state index in [2.05, 4.69) is 5.32 Å². The molecule has 3 rings (SSSR count). The van der Waals surface area contributed by atoms with E-state index < -0.39 is 5.60 Å². The first-order valence-electron chi connectivity index (χ1n) is 5.23. The Morgan fingerprint density at radius 3 is 3.31 bits per heavy atom. The van der Waals surface area contributed by atoms with Gasteiger partial charge in [-0.05, 0) is 0 Å². The van der Waals surface area contributed by atoms with Crippen LogP contribution in [-0.4, -0.2) is 36.6 Å². The van der Waals surface area contributed by atoms with Crippen molar-refractivity contribution in [1.29, 1.82) is 0 Å². The number of hydrogen-bond acceptors (Lipinski definition) is 5. The molecule has 0 spiro atoms. The lowest BCUT2D eigenvalue weighted by atomic mass is 9.80. The SMILES string of the molecule is COC(=O)C1=CNC2OCC3(O)C=CC1C23. The van der Waals surface area contributed by atoms with Crippen LogP contribution in [0.4, 0.5) is 0 Å². The maximum atomic E-state index is 11.6. The summed E-state index contributed by atoms with van der Waals surface area (Å²) in [7, 11) is 1.35. The second-order valence-electron chi connectivity index (χ2n) is 4.39. The topological polar surface area (TPSA) is 67.8 Å². The Morgan fingerprint density at radius 1 is 1.75 bits per heavy atom. The van der Waals surface area contributed by atoms with E-state index in [9.17, 15) is 9.90 Å². The van der Waals surface area contributed by atoms with Gasteiger partial charge in [-0.15, -0.1) is 0 Å². The molecule has 86 valence electrons. The van der Waals surface area contributed by atoms with Gasteiger partial charge in [0.1, 0.15) is 11.8 Å². The number of hydrogen-bond donors (Lipinski definition) is 2. The first-order valence-corrected chi connectivity index (χ1v) is 5.23. The van der Waals surface area contributed by atoms with Crippen molar-refractivity contribution in [3.05, 3.63) is 23.9 Å². The third-order valence-electron chi connectivity index (χ3n) is 3.56. The summed E-state index contributed by atoms with van der Waals surface area (Å²) in [5, 5.41) is 13.3. The molecule has 1 aliphatic carbocycles. The van der Waals surface area contributed by atoms with Crippen LogP contribution in [0.25, 0.3) is 0 Å². The quantitative estimate of drug-likeness (QED) is 0.465. The fraction of sp³-hybridized carbons (Fsp3) is 0.545. The molecule has 0 aromatic rings. The summed E-state index contributed by atoms with van der Waals surface area (Å²) in [6.45, 7) is 0.268. The fourth-order valence-electron chi connectivity index (χ4n) is 2.76. The zero-order valence-corrected chi connectivity index (χ0v) is 8.84. The van der Waals surface area contributed by atoms with Gasteiger partial charge in [-0.3, -0.25) is 0 Å². The molecule has 0 amide bonds.